The van der Waals surface area contributed by atoms with Gasteiger partial charge in [0.2, 0.25) is 0 Å². The Labute approximate surface area is 174 Å². The molecule has 0 aliphatic carbocycles. The second-order valence-electron chi connectivity index (χ2n) is 5.73. The second-order valence-corrected chi connectivity index (χ2v) is 8.23. The van der Waals surface area contributed by atoms with Gasteiger partial charge in [-0.25, -0.2) is 27.5 Å². The van der Waals surface area contributed by atoms with Crippen LogP contribution in [0.2, 0.25) is 10.0 Å². The summed E-state index contributed by atoms with van der Waals surface area (Å²) < 4.78 is 30.6. The fourth-order valence-corrected chi connectivity index (χ4v) is 3.42. The van der Waals surface area contributed by atoms with Gasteiger partial charge in [0, 0.05) is 5.56 Å². The van der Waals surface area contributed by atoms with E-state index in [2.05, 4.69) is 4.74 Å². The maximum atomic E-state index is 12.3. The zero-order valence-corrected chi connectivity index (χ0v) is 16.9. The normalized spacial score (nSPS) is 11.6. The number of carbonyl (C=O) groups is 3. The van der Waals surface area contributed by atoms with Gasteiger partial charge in [0.25, 0.3) is 10.0 Å². The number of aryl methyl sites for hydroxylation is 1. The van der Waals surface area contributed by atoms with E-state index >= 15 is 0 Å². The number of benzene rings is 2. The lowest BCUT2D eigenvalue weighted by Gasteiger charge is -2.25. The number of carboxylic acid groups (broad SMARTS) is 2. The lowest BCUT2D eigenvalue weighted by Crippen LogP contribution is -2.50. The Morgan fingerprint density at radius 1 is 0.966 bits per heavy atom. The highest BCUT2D eigenvalue weighted by molar-refractivity contribution is 7.90. The summed E-state index contributed by atoms with van der Waals surface area (Å²) in [6.45, 7) is 1.71. The molecule has 0 fully saturated rings. The summed E-state index contributed by atoms with van der Waals surface area (Å²) >= 11 is 11.5. The summed E-state index contributed by atoms with van der Waals surface area (Å²) in [7, 11) is -4.45. The molecule has 9 nitrogen and oxygen atoms in total. The van der Waals surface area contributed by atoms with Crippen LogP contribution in [0.15, 0.2) is 47.4 Å². The van der Waals surface area contributed by atoms with Crippen molar-refractivity contribution in [2.45, 2.75) is 17.4 Å². The van der Waals surface area contributed by atoms with Gasteiger partial charge < -0.3 is 14.9 Å². The Balaban J connectivity index is 2.42. The third-order valence-electron chi connectivity index (χ3n) is 3.72. The van der Waals surface area contributed by atoms with E-state index in [0.29, 0.717) is 0 Å². The Morgan fingerprint density at radius 2 is 1.52 bits per heavy atom. The average Bonchev–Trinajstić information content (AvgIpc) is 2.61. The number of hydrogen-bond donors (Lipinski definition) is 3. The molecule has 0 aliphatic rings. The summed E-state index contributed by atoms with van der Waals surface area (Å²) in [5, 5.41) is 18.8. The lowest BCUT2D eigenvalue weighted by atomic mass is 9.93. The Morgan fingerprint density at radius 3 is 2.00 bits per heavy atom. The number of halogens is 2. The van der Waals surface area contributed by atoms with Gasteiger partial charge in [-0.1, -0.05) is 47.0 Å². The second kappa shape index (κ2) is 8.27. The predicted octanol–water partition coefficient (Wildman–Crippen LogP) is 2.78. The first-order chi connectivity index (χ1) is 13.4. The number of hydrogen-bond acceptors (Lipinski definition) is 6. The molecular formula is C17H13Cl2NO8S. The molecule has 3 N–H and O–H groups in total. The highest BCUT2D eigenvalue weighted by Crippen LogP contribution is 2.32. The fourth-order valence-electron chi connectivity index (χ4n) is 2.25. The zero-order chi connectivity index (χ0) is 22.0. The largest absolute Gasteiger partial charge is 0.478 e. The van der Waals surface area contributed by atoms with Gasteiger partial charge >= 0.3 is 23.6 Å². The van der Waals surface area contributed by atoms with Gasteiger partial charge in [0.15, 0.2) is 0 Å². The molecule has 0 aliphatic heterocycles. The first-order valence-electron chi connectivity index (χ1n) is 7.65. The van der Waals surface area contributed by atoms with E-state index < -0.39 is 39.2 Å². The van der Waals surface area contributed by atoms with Crippen molar-refractivity contribution >= 4 is 51.3 Å². The first-order valence-corrected chi connectivity index (χ1v) is 9.89. The van der Waals surface area contributed by atoms with Crippen LogP contribution in [-0.2, 0) is 30.0 Å². The minimum Gasteiger partial charge on any atom is -0.478 e. The number of ether oxygens (including phenoxy) is 1. The van der Waals surface area contributed by atoms with Gasteiger partial charge in [-0.2, -0.15) is 0 Å². The predicted molar refractivity (Wildman–Crippen MR) is 101 cm³/mol. The molecule has 2 rings (SSSR count). The minimum atomic E-state index is -4.45. The summed E-state index contributed by atoms with van der Waals surface area (Å²) in [4.78, 5) is 35.3. The Bertz CT molecular complexity index is 1070. The van der Waals surface area contributed by atoms with E-state index in [1.165, 1.54) is 29.0 Å². The molecule has 12 heteroatoms. The number of aliphatic carboxylic acids is 2. The molecule has 0 saturated heterocycles. The highest BCUT2D eigenvalue weighted by Gasteiger charge is 2.53. The maximum absolute atomic E-state index is 12.3. The standard InChI is InChI=1S/C17H13Cl2NO8S/c1-9-2-5-11(6-3-9)29(26,27)20-16(25)28-17(14(21)22,15(23)24)10-4-7-12(18)13(19)8-10/h2-8H,1H3,(H,20,25)(H,21,22)(H,23,24). The van der Waals surface area contributed by atoms with E-state index in [1.807, 2.05) is 0 Å². The molecule has 0 spiro atoms. The van der Waals surface area contributed by atoms with Crippen LogP contribution in [0.3, 0.4) is 0 Å². The van der Waals surface area contributed by atoms with Crippen molar-refractivity contribution in [3.63, 3.8) is 0 Å². The summed E-state index contributed by atoms with van der Waals surface area (Å²) in [6.07, 6.45) is -1.82. The number of carboxylic acids is 2. The number of nitrogens with one attached hydrogen (secondary N) is 1. The molecular weight excluding hydrogens is 449 g/mol. The minimum absolute atomic E-state index is 0.00788. The van der Waals surface area contributed by atoms with Gasteiger partial charge in [0.1, 0.15) is 0 Å². The third-order valence-corrected chi connectivity index (χ3v) is 5.79. The average molecular weight is 462 g/mol. The number of sulfonamides is 1. The van der Waals surface area contributed by atoms with Crippen molar-refractivity contribution in [2.75, 3.05) is 0 Å². The van der Waals surface area contributed by atoms with Crippen LogP contribution < -0.4 is 4.72 Å². The van der Waals surface area contributed by atoms with E-state index in [0.717, 1.165) is 23.8 Å². The van der Waals surface area contributed by atoms with Crippen molar-refractivity contribution in [3.05, 3.63) is 63.6 Å². The molecule has 0 radical (unpaired) electrons. The quantitative estimate of drug-likeness (QED) is 0.556. The fraction of sp³-hybridized carbons (Fsp3) is 0.118. The van der Waals surface area contributed by atoms with Crippen molar-refractivity contribution < 1.29 is 37.8 Å². The molecule has 29 heavy (non-hydrogen) atoms. The Hall–Kier alpha value is -2.82. The van der Waals surface area contributed by atoms with Gasteiger partial charge in [0.05, 0.1) is 14.9 Å². The van der Waals surface area contributed by atoms with E-state index in [9.17, 15) is 33.0 Å². The molecule has 0 heterocycles. The number of carbonyl (C=O) groups excluding carboxylic acids is 1. The van der Waals surface area contributed by atoms with Crippen molar-refractivity contribution in [1.29, 1.82) is 0 Å². The SMILES string of the molecule is Cc1ccc(S(=O)(=O)NC(=O)OC(C(=O)O)(C(=O)O)c2ccc(Cl)c(Cl)c2)cc1. The van der Waals surface area contributed by atoms with Crippen molar-refractivity contribution in [2.24, 2.45) is 0 Å². The van der Waals surface area contributed by atoms with Crippen LogP contribution in [0.5, 0.6) is 0 Å². The summed E-state index contributed by atoms with van der Waals surface area (Å²) in [5.74, 6) is -4.18. The van der Waals surface area contributed by atoms with Crippen molar-refractivity contribution in [1.82, 2.24) is 4.72 Å². The molecule has 2 aromatic rings. The van der Waals surface area contributed by atoms with Crippen LogP contribution in [0, 0.1) is 6.92 Å². The van der Waals surface area contributed by atoms with Crippen LogP contribution in [0.25, 0.3) is 0 Å². The Kier molecular flexibility index (Phi) is 6.41. The van der Waals surface area contributed by atoms with Crippen LogP contribution in [-0.4, -0.2) is 36.7 Å². The third kappa shape index (κ3) is 4.61. The lowest BCUT2D eigenvalue weighted by molar-refractivity contribution is -0.177. The molecule has 0 atom stereocenters. The zero-order valence-electron chi connectivity index (χ0n) is 14.5. The molecule has 0 saturated carbocycles. The maximum Gasteiger partial charge on any atom is 0.423 e. The van der Waals surface area contributed by atoms with Gasteiger partial charge in [-0.15, -0.1) is 0 Å². The van der Waals surface area contributed by atoms with E-state index in [-0.39, 0.29) is 14.9 Å². The van der Waals surface area contributed by atoms with Crippen molar-refractivity contribution in [3.8, 4) is 0 Å². The number of amides is 1. The molecule has 1 amide bonds. The van der Waals surface area contributed by atoms with E-state index in [4.69, 9.17) is 23.2 Å². The highest BCUT2D eigenvalue weighted by atomic mass is 35.5. The molecule has 2 aromatic carbocycles. The molecule has 0 bridgehead atoms. The molecule has 154 valence electrons. The molecule has 0 unspecified atom stereocenters. The van der Waals surface area contributed by atoms with Crippen LogP contribution in [0.1, 0.15) is 11.1 Å². The first kappa shape index (κ1) is 22.5. The van der Waals surface area contributed by atoms with Crippen LogP contribution in [0.4, 0.5) is 4.79 Å². The monoisotopic (exact) mass is 461 g/mol. The number of rotatable bonds is 6. The van der Waals surface area contributed by atoms with Gasteiger partial charge in [-0.3, -0.25) is 0 Å². The smallest absolute Gasteiger partial charge is 0.423 e. The van der Waals surface area contributed by atoms with E-state index in [1.54, 1.807) is 6.92 Å². The summed E-state index contributed by atoms with van der Waals surface area (Å²) in [6, 6.07) is 8.29. The molecule has 0 aromatic heterocycles. The topological polar surface area (TPSA) is 147 Å². The van der Waals surface area contributed by atoms with Crippen LogP contribution >= 0.6 is 23.2 Å². The van der Waals surface area contributed by atoms with Gasteiger partial charge in [-0.05, 0) is 31.2 Å². The summed E-state index contributed by atoms with van der Waals surface area (Å²) in [5.41, 5.74) is -3.09.